The van der Waals surface area contributed by atoms with Gasteiger partial charge in [-0.1, -0.05) is 15.9 Å². The molecule has 0 spiro atoms. The summed E-state index contributed by atoms with van der Waals surface area (Å²) in [5.41, 5.74) is 0.238. The van der Waals surface area contributed by atoms with Gasteiger partial charge in [-0.2, -0.15) is 0 Å². The predicted molar refractivity (Wildman–Crippen MR) is 54.8 cm³/mol. The van der Waals surface area contributed by atoms with E-state index in [0.29, 0.717) is 6.04 Å². The van der Waals surface area contributed by atoms with Gasteiger partial charge < -0.3 is 10.1 Å². The van der Waals surface area contributed by atoms with Gasteiger partial charge in [0.1, 0.15) is 0 Å². The van der Waals surface area contributed by atoms with Crippen LogP contribution in [0.5, 0.6) is 0 Å². The third kappa shape index (κ3) is 3.42. The Kier molecular flexibility index (Phi) is 4.00. The number of hydrogen-bond donors (Lipinski definition) is 1. The Morgan fingerprint density at radius 3 is 2.83 bits per heavy atom. The standard InChI is InChI=1S/C9H18BrNO/c1-9(2,4-5-10)11-8-3-6-12-7-8/h8,11H,3-7H2,1-2H3. The van der Waals surface area contributed by atoms with E-state index in [1.165, 1.54) is 0 Å². The summed E-state index contributed by atoms with van der Waals surface area (Å²) in [4.78, 5) is 0. The lowest BCUT2D eigenvalue weighted by Gasteiger charge is -2.28. The number of rotatable bonds is 4. The molecule has 0 radical (unpaired) electrons. The molecule has 0 amide bonds. The van der Waals surface area contributed by atoms with Crippen LogP contribution in [-0.4, -0.2) is 30.1 Å². The van der Waals surface area contributed by atoms with E-state index in [-0.39, 0.29) is 5.54 Å². The average molecular weight is 236 g/mol. The number of ether oxygens (including phenoxy) is 1. The summed E-state index contributed by atoms with van der Waals surface area (Å²) >= 11 is 3.46. The summed E-state index contributed by atoms with van der Waals surface area (Å²) in [5.74, 6) is 0. The van der Waals surface area contributed by atoms with Gasteiger partial charge in [0.15, 0.2) is 0 Å². The summed E-state index contributed by atoms with van der Waals surface area (Å²) in [6.45, 7) is 6.28. The van der Waals surface area contributed by atoms with E-state index in [1.807, 2.05) is 0 Å². The van der Waals surface area contributed by atoms with Crippen LogP contribution in [0.25, 0.3) is 0 Å². The maximum Gasteiger partial charge on any atom is 0.0620 e. The number of halogens is 1. The maximum atomic E-state index is 5.31. The summed E-state index contributed by atoms with van der Waals surface area (Å²) in [5, 5.41) is 4.66. The molecular formula is C9H18BrNO. The van der Waals surface area contributed by atoms with Crippen LogP contribution in [0.4, 0.5) is 0 Å². The molecule has 0 aromatic carbocycles. The minimum absolute atomic E-state index is 0.238. The van der Waals surface area contributed by atoms with Gasteiger partial charge in [-0.15, -0.1) is 0 Å². The molecule has 0 bridgehead atoms. The highest BCUT2D eigenvalue weighted by atomic mass is 79.9. The van der Waals surface area contributed by atoms with Gasteiger partial charge in [0.25, 0.3) is 0 Å². The minimum Gasteiger partial charge on any atom is -0.380 e. The first-order valence-corrected chi connectivity index (χ1v) is 5.67. The Morgan fingerprint density at radius 1 is 1.58 bits per heavy atom. The molecule has 1 fully saturated rings. The quantitative estimate of drug-likeness (QED) is 0.753. The highest BCUT2D eigenvalue weighted by Crippen LogP contribution is 2.14. The first-order chi connectivity index (χ1) is 5.64. The van der Waals surface area contributed by atoms with E-state index in [1.54, 1.807) is 0 Å². The molecule has 1 saturated heterocycles. The van der Waals surface area contributed by atoms with E-state index < -0.39 is 0 Å². The van der Waals surface area contributed by atoms with Crippen LogP contribution in [0.1, 0.15) is 26.7 Å². The third-order valence-corrected chi connectivity index (χ3v) is 2.64. The Morgan fingerprint density at radius 2 is 2.33 bits per heavy atom. The second-order valence-corrected chi connectivity index (χ2v) is 4.82. The second kappa shape index (κ2) is 4.58. The molecule has 72 valence electrons. The van der Waals surface area contributed by atoms with Crippen molar-refractivity contribution in [2.75, 3.05) is 18.5 Å². The van der Waals surface area contributed by atoms with Crippen molar-refractivity contribution in [3.63, 3.8) is 0 Å². The zero-order chi connectivity index (χ0) is 9.03. The molecule has 3 heteroatoms. The van der Waals surface area contributed by atoms with Gasteiger partial charge in [0.2, 0.25) is 0 Å². The minimum atomic E-state index is 0.238. The molecule has 1 atom stereocenters. The first kappa shape index (κ1) is 10.5. The fraction of sp³-hybridized carbons (Fsp3) is 1.00. The van der Waals surface area contributed by atoms with Crippen molar-refractivity contribution in [2.24, 2.45) is 0 Å². The van der Waals surface area contributed by atoms with Crippen LogP contribution in [-0.2, 0) is 4.74 Å². The third-order valence-electron chi connectivity index (χ3n) is 2.24. The van der Waals surface area contributed by atoms with Crippen LogP contribution < -0.4 is 5.32 Å². The van der Waals surface area contributed by atoms with E-state index in [4.69, 9.17) is 4.74 Å². The highest BCUT2D eigenvalue weighted by molar-refractivity contribution is 9.09. The fourth-order valence-corrected chi connectivity index (χ4v) is 2.50. The van der Waals surface area contributed by atoms with E-state index in [0.717, 1.165) is 31.4 Å². The molecule has 0 aliphatic carbocycles. The van der Waals surface area contributed by atoms with Crippen molar-refractivity contribution in [1.29, 1.82) is 0 Å². The Labute approximate surface area is 83.2 Å². The Bertz CT molecular complexity index is 132. The smallest absolute Gasteiger partial charge is 0.0620 e. The van der Waals surface area contributed by atoms with Crippen LogP contribution in [0.2, 0.25) is 0 Å². The predicted octanol–water partition coefficient (Wildman–Crippen LogP) is 1.93. The molecule has 0 aromatic rings. The molecule has 1 aliphatic heterocycles. The summed E-state index contributed by atoms with van der Waals surface area (Å²) in [6, 6.07) is 0.569. The van der Waals surface area contributed by atoms with Crippen molar-refractivity contribution in [2.45, 2.75) is 38.3 Å². The highest BCUT2D eigenvalue weighted by Gasteiger charge is 2.23. The zero-order valence-electron chi connectivity index (χ0n) is 7.90. The van der Waals surface area contributed by atoms with Gasteiger partial charge in [-0.05, 0) is 26.7 Å². The van der Waals surface area contributed by atoms with Gasteiger partial charge in [-0.3, -0.25) is 0 Å². The molecule has 1 heterocycles. The van der Waals surface area contributed by atoms with E-state index >= 15 is 0 Å². The lowest BCUT2D eigenvalue weighted by atomic mass is 10.0. The molecular weight excluding hydrogens is 218 g/mol. The van der Waals surface area contributed by atoms with E-state index in [2.05, 4.69) is 35.1 Å². The number of nitrogens with one attached hydrogen (secondary N) is 1. The second-order valence-electron chi connectivity index (χ2n) is 4.03. The maximum absolute atomic E-state index is 5.31. The van der Waals surface area contributed by atoms with Gasteiger partial charge in [0.05, 0.1) is 6.61 Å². The molecule has 12 heavy (non-hydrogen) atoms. The van der Waals surface area contributed by atoms with Crippen molar-refractivity contribution in [3.8, 4) is 0 Å². The monoisotopic (exact) mass is 235 g/mol. The average Bonchev–Trinajstić information content (AvgIpc) is 2.38. The molecule has 1 aliphatic rings. The molecule has 1 N–H and O–H groups in total. The molecule has 2 nitrogen and oxygen atoms in total. The molecule has 1 unspecified atom stereocenters. The molecule has 1 rings (SSSR count). The topological polar surface area (TPSA) is 21.3 Å². The number of hydrogen-bond acceptors (Lipinski definition) is 2. The van der Waals surface area contributed by atoms with Crippen LogP contribution in [0.15, 0.2) is 0 Å². The number of alkyl halides is 1. The summed E-state index contributed by atoms with van der Waals surface area (Å²) < 4.78 is 5.31. The van der Waals surface area contributed by atoms with Crippen molar-refractivity contribution in [1.82, 2.24) is 5.32 Å². The van der Waals surface area contributed by atoms with Gasteiger partial charge in [-0.25, -0.2) is 0 Å². The van der Waals surface area contributed by atoms with Crippen LogP contribution >= 0.6 is 15.9 Å². The SMILES string of the molecule is CC(C)(CCBr)NC1CCOC1. The lowest BCUT2D eigenvalue weighted by molar-refractivity contribution is 0.183. The first-order valence-electron chi connectivity index (χ1n) is 4.55. The van der Waals surface area contributed by atoms with Crippen molar-refractivity contribution >= 4 is 15.9 Å². The van der Waals surface area contributed by atoms with Gasteiger partial charge >= 0.3 is 0 Å². The van der Waals surface area contributed by atoms with Crippen LogP contribution in [0.3, 0.4) is 0 Å². The lowest BCUT2D eigenvalue weighted by Crippen LogP contribution is -2.46. The Balaban J connectivity index is 2.27. The van der Waals surface area contributed by atoms with Crippen LogP contribution in [0, 0.1) is 0 Å². The Hall–Kier alpha value is 0.400. The van der Waals surface area contributed by atoms with E-state index in [9.17, 15) is 0 Å². The van der Waals surface area contributed by atoms with Crippen molar-refractivity contribution < 1.29 is 4.74 Å². The zero-order valence-corrected chi connectivity index (χ0v) is 9.49. The summed E-state index contributed by atoms with van der Waals surface area (Å²) in [7, 11) is 0. The molecule has 0 aromatic heterocycles. The largest absolute Gasteiger partial charge is 0.380 e. The molecule has 0 saturated carbocycles. The van der Waals surface area contributed by atoms with Crippen molar-refractivity contribution in [3.05, 3.63) is 0 Å². The van der Waals surface area contributed by atoms with Gasteiger partial charge in [0, 0.05) is 23.5 Å². The normalized spacial score (nSPS) is 24.8. The fourth-order valence-electron chi connectivity index (χ4n) is 1.51. The summed E-state index contributed by atoms with van der Waals surface area (Å²) in [6.07, 6.45) is 2.31.